The Morgan fingerprint density at radius 2 is 1.40 bits per heavy atom. The Morgan fingerprint density at radius 3 is 2.00 bits per heavy atom. The third kappa shape index (κ3) is 2.26. The van der Waals surface area contributed by atoms with Crippen LogP contribution in [0.5, 0.6) is 0 Å². The van der Waals surface area contributed by atoms with E-state index in [1.807, 2.05) is 60.7 Å². The molecule has 98 valence electrons. The molecule has 2 aromatic carbocycles. The molecule has 0 N–H and O–H groups in total. The highest BCUT2D eigenvalue weighted by molar-refractivity contribution is 5.64. The van der Waals surface area contributed by atoms with Gasteiger partial charge in [-0.3, -0.25) is 4.79 Å². The van der Waals surface area contributed by atoms with Gasteiger partial charge >= 0.3 is 0 Å². The molecule has 20 heavy (non-hydrogen) atoms. The molecular formula is C17H14N2O. The lowest BCUT2D eigenvalue weighted by molar-refractivity contribution is 0.848. The first-order chi connectivity index (χ1) is 9.75. The van der Waals surface area contributed by atoms with Crippen molar-refractivity contribution in [1.29, 1.82) is 0 Å². The fourth-order valence-electron chi connectivity index (χ4n) is 2.14. The summed E-state index contributed by atoms with van der Waals surface area (Å²) in [4.78, 5) is 16.8. The third-order valence-corrected chi connectivity index (χ3v) is 3.19. The van der Waals surface area contributed by atoms with Crippen molar-refractivity contribution < 1.29 is 0 Å². The van der Waals surface area contributed by atoms with Crippen LogP contribution in [0.25, 0.3) is 22.5 Å². The van der Waals surface area contributed by atoms with E-state index in [0.717, 1.165) is 16.8 Å². The van der Waals surface area contributed by atoms with Gasteiger partial charge in [0.25, 0.3) is 5.56 Å². The van der Waals surface area contributed by atoms with Gasteiger partial charge in [-0.25, -0.2) is 4.98 Å². The van der Waals surface area contributed by atoms with Crippen LogP contribution < -0.4 is 5.56 Å². The van der Waals surface area contributed by atoms with Gasteiger partial charge in [0.15, 0.2) is 0 Å². The Kier molecular flexibility index (Phi) is 3.17. The molecule has 0 amide bonds. The summed E-state index contributed by atoms with van der Waals surface area (Å²) in [5.41, 5.74) is 3.03. The van der Waals surface area contributed by atoms with Crippen molar-refractivity contribution in [3.05, 3.63) is 77.2 Å². The molecule has 0 bridgehead atoms. The Labute approximate surface area is 117 Å². The number of nitrogens with zero attached hydrogens (tertiary/aromatic N) is 2. The summed E-state index contributed by atoms with van der Waals surface area (Å²) in [6, 6.07) is 19.4. The van der Waals surface area contributed by atoms with Gasteiger partial charge in [-0.2, -0.15) is 0 Å². The van der Waals surface area contributed by atoms with Gasteiger partial charge in [-0.05, 0) is 0 Å². The summed E-state index contributed by atoms with van der Waals surface area (Å²) in [6.07, 6.45) is 1.77. The van der Waals surface area contributed by atoms with E-state index < -0.39 is 0 Å². The van der Waals surface area contributed by atoms with Gasteiger partial charge in [0, 0.05) is 24.4 Å². The van der Waals surface area contributed by atoms with E-state index in [0.29, 0.717) is 5.69 Å². The van der Waals surface area contributed by atoms with Crippen molar-refractivity contribution in [3.63, 3.8) is 0 Å². The van der Waals surface area contributed by atoms with Crippen LogP contribution in [-0.2, 0) is 7.05 Å². The van der Waals surface area contributed by atoms with E-state index in [1.54, 1.807) is 17.8 Å². The van der Waals surface area contributed by atoms with Gasteiger partial charge in [-0.15, -0.1) is 0 Å². The highest BCUT2D eigenvalue weighted by atomic mass is 16.1. The van der Waals surface area contributed by atoms with Crippen LogP contribution in [0.1, 0.15) is 0 Å². The second-order valence-electron chi connectivity index (χ2n) is 4.62. The van der Waals surface area contributed by atoms with E-state index in [9.17, 15) is 4.79 Å². The first-order valence-corrected chi connectivity index (χ1v) is 6.44. The molecule has 0 atom stereocenters. The Morgan fingerprint density at radius 1 is 0.850 bits per heavy atom. The molecule has 0 fully saturated rings. The third-order valence-electron chi connectivity index (χ3n) is 3.19. The smallest absolute Gasteiger partial charge is 0.276 e. The monoisotopic (exact) mass is 262 g/mol. The first-order valence-electron chi connectivity index (χ1n) is 6.44. The predicted molar refractivity (Wildman–Crippen MR) is 80.4 cm³/mol. The number of benzene rings is 2. The van der Waals surface area contributed by atoms with E-state index in [2.05, 4.69) is 4.98 Å². The van der Waals surface area contributed by atoms with Gasteiger partial charge < -0.3 is 4.57 Å². The number of hydrogen-bond donors (Lipinski definition) is 0. The average molecular weight is 262 g/mol. The van der Waals surface area contributed by atoms with Gasteiger partial charge in [-0.1, -0.05) is 60.7 Å². The topological polar surface area (TPSA) is 34.9 Å². The minimum atomic E-state index is -0.0871. The zero-order chi connectivity index (χ0) is 13.9. The molecule has 1 aromatic heterocycles. The van der Waals surface area contributed by atoms with Crippen molar-refractivity contribution in [1.82, 2.24) is 9.55 Å². The molecule has 0 saturated heterocycles. The van der Waals surface area contributed by atoms with Gasteiger partial charge in [0.1, 0.15) is 5.69 Å². The van der Waals surface area contributed by atoms with Crippen LogP contribution in [0.4, 0.5) is 0 Å². The molecule has 0 radical (unpaired) electrons. The number of rotatable bonds is 2. The molecule has 3 heteroatoms. The molecule has 0 unspecified atom stereocenters. The fraction of sp³-hybridized carbons (Fsp3) is 0.0588. The second kappa shape index (κ2) is 5.13. The highest BCUT2D eigenvalue weighted by Gasteiger charge is 2.09. The quantitative estimate of drug-likeness (QED) is 0.711. The molecule has 0 aliphatic rings. The predicted octanol–water partition coefficient (Wildman–Crippen LogP) is 3.11. The number of hydrogen-bond acceptors (Lipinski definition) is 2. The van der Waals surface area contributed by atoms with Crippen LogP contribution in [0.2, 0.25) is 0 Å². The highest BCUT2D eigenvalue weighted by Crippen LogP contribution is 2.19. The summed E-state index contributed by atoms with van der Waals surface area (Å²) in [6.45, 7) is 0. The summed E-state index contributed by atoms with van der Waals surface area (Å²) in [5.74, 6) is 0. The molecule has 3 rings (SSSR count). The molecule has 3 aromatic rings. The zero-order valence-corrected chi connectivity index (χ0v) is 11.2. The van der Waals surface area contributed by atoms with E-state index in [-0.39, 0.29) is 5.56 Å². The lowest BCUT2D eigenvalue weighted by atomic mass is 10.1. The Balaban J connectivity index is 2.22. The van der Waals surface area contributed by atoms with Crippen molar-refractivity contribution in [2.45, 2.75) is 0 Å². The van der Waals surface area contributed by atoms with Crippen LogP contribution in [0.15, 0.2) is 71.7 Å². The molecule has 0 aliphatic heterocycles. The molecule has 3 nitrogen and oxygen atoms in total. The lowest BCUT2D eigenvalue weighted by Crippen LogP contribution is -2.20. The largest absolute Gasteiger partial charge is 0.315 e. The zero-order valence-electron chi connectivity index (χ0n) is 11.2. The summed E-state index contributed by atoms with van der Waals surface area (Å²) in [7, 11) is 1.75. The van der Waals surface area contributed by atoms with Crippen LogP contribution in [-0.4, -0.2) is 9.55 Å². The van der Waals surface area contributed by atoms with Crippen molar-refractivity contribution in [2.75, 3.05) is 0 Å². The maximum atomic E-state index is 12.3. The summed E-state index contributed by atoms with van der Waals surface area (Å²) >= 11 is 0. The fourth-order valence-corrected chi connectivity index (χ4v) is 2.14. The normalized spacial score (nSPS) is 10.4. The van der Waals surface area contributed by atoms with Gasteiger partial charge in [0.05, 0.1) is 5.69 Å². The number of aromatic nitrogens is 2. The van der Waals surface area contributed by atoms with Gasteiger partial charge in [0.2, 0.25) is 0 Å². The molecule has 0 saturated carbocycles. The van der Waals surface area contributed by atoms with E-state index in [4.69, 9.17) is 0 Å². The molecule has 1 heterocycles. The SMILES string of the molecule is Cn1cc(-c2ccccc2)nc(-c2ccccc2)c1=O. The average Bonchev–Trinajstić information content (AvgIpc) is 2.51. The van der Waals surface area contributed by atoms with Crippen molar-refractivity contribution in [2.24, 2.45) is 7.05 Å². The molecule has 0 spiro atoms. The second-order valence-corrected chi connectivity index (χ2v) is 4.62. The molecular weight excluding hydrogens is 248 g/mol. The van der Waals surface area contributed by atoms with Crippen molar-refractivity contribution >= 4 is 0 Å². The standard InChI is InChI=1S/C17H14N2O/c1-19-12-15(13-8-4-2-5-9-13)18-16(17(19)20)14-10-6-3-7-11-14/h2-12H,1H3. The van der Waals surface area contributed by atoms with Crippen LogP contribution >= 0.6 is 0 Å². The van der Waals surface area contributed by atoms with E-state index in [1.165, 1.54) is 0 Å². The first kappa shape index (κ1) is 12.4. The molecule has 0 aliphatic carbocycles. The minimum absolute atomic E-state index is 0.0871. The van der Waals surface area contributed by atoms with E-state index >= 15 is 0 Å². The Bertz CT molecular complexity index is 777. The number of aryl methyl sites for hydroxylation is 1. The van der Waals surface area contributed by atoms with Crippen LogP contribution in [0.3, 0.4) is 0 Å². The van der Waals surface area contributed by atoms with Crippen molar-refractivity contribution in [3.8, 4) is 22.5 Å². The maximum absolute atomic E-state index is 12.3. The summed E-state index contributed by atoms with van der Waals surface area (Å²) < 4.78 is 1.58. The maximum Gasteiger partial charge on any atom is 0.276 e. The minimum Gasteiger partial charge on any atom is -0.315 e. The Hall–Kier alpha value is -2.68. The summed E-state index contributed by atoms with van der Waals surface area (Å²) in [5, 5.41) is 0. The van der Waals surface area contributed by atoms with Crippen LogP contribution in [0, 0.1) is 0 Å². The lowest BCUT2D eigenvalue weighted by Gasteiger charge is -2.07.